The molecule has 3 aromatic rings. The number of aliphatic hydroxyl groups excluding tert-OH is 1. The highest BCUT2D eigenvalue weighted by Crippen LogP contribution is 2.42. The molecule has 6 rings (SSSR count). The summed E-state index contributed by atoms with van der Waals surface area (Å²) in [4.78, 5) is 30.5. The van der Waals surface area contributed by atoms with E-state index in [1.54, 1.807) is 4.90 Å². The molecule has 1 saturated heterocycles. The lowest BCUT2D eigenvalue weighted by atomic mass is 9.79. The van der Waals surface area contributed by atoms with Crippen LogP contribution >= 0.6 is 0 Å². The van der Waals surface area contributed by atoms with Crippen LogP contribution in [0.4, 0.5) is 15.8 Å². The monoisotopic (exact) mass is 559 g/mol. The van der Waals surface area contributed by atoms with Crippen LogP contribution in [-0.2, 0) is 9.59 Å². The average molecular weight is 560 g/mol. The minimum absolute atomic E-state index is 0.00567. The van der Waals surface area contributed by atoms with E-state index in [1.165, 1.54) is 18.2 Å². The minimum atomic E-state index is -0.416. The first-order valence-electron chi connectivity index (χ1n) is 14.3. The summed E-state index contributed by atoms with van der Waals surface area (Å²) in [6.45, 7) is 1.58. The van der Waals surface area contributed by atoms with Crippen molar-refractivity contribution >= 4 is 23.2 Å². The quantitative estimate of drug-likeness (QED) is 0.383. The van der Waals surface area contributed by atoms with Crippen molar-refractivity contribution in [1.29, 1.82) is 0 Å². The van der Waals surface area contributed by atoms with E-state index < -0.39 is 5.82 Å². The molecule has 0 aromatic heterocycles. The van der Waals surface area contributed by atoms with E-state index in [-0.39, 0.29) is 48.7 Å². The summed E-state index contributed by atoms with van der Waals surface area (Å²) in [7, 11) is 0. The molecule has 9 heteroatoms. The van der Waals surface area contributed by atoms with Gasteiger partial charge in [-0.25, -0.2) is 4.39 Å². The lowest BCUT2D eigenvalue weighted by molar-refractivity contribution is -0.123. The number of fused-ring (bicyclic) bond motifs is 1. The molecule has 1 aliphatic carbocycles. The molecule has 2 heterocycles. The summed E-state index contributed by atoms with van der Waals surface area (Å²) in [5.74, 6) is -0.408. The topological polar surface area (TPSA) is 102 Å². The summed E-state index contributed by atoms with van der Waals surface area (Å²) >= 11 is 0. The fraction of sp³-hybridized carbons (Fsp3) is 0.375. The third kappa shape index (κ3) is 5.52. The first-order valence-corrected chi connectivity index (χ1v) is 14.3. The number of phenolic OH excluding ortho intramolecular Hbond substituents is 1. The second kappa shape index (κ2) is 11.5. The Balaban J connectivity index is 1.32. The van der Waals surface area contributed by atoms with Crippen molar-refractivity contribution in [3.63, 3.8) is 0 Å². The number of aromatic hydroxyl groups is 1. The van der Waals surface area contributed by atoms with Gasteiger partial charge in [-0.1, -0.05) is 24.3 Å². The maximum absolute atomic E-state index is 14.6. The molecule has 41 heavy (non-hydrogen) atoms. The second-order valence-corrected chi connectivity index (χ2v) is 11.0. The molecule has 2 amide bonds. The molecule has 0 spiro atoms. The molecular weight excluding hydrogens is 525 g/mol. The van der Waals surface area contributed by atoms with Crippen LogP contribution in [0.1, 0.15) is 37.2 Å². The molecule has 0 unspecified atom stereocenters. The molecule has 0 radical (unpaired) electrons. The van der Waals surface area contributed by atoms with Crippen LogP contribution < -0.4 is 19.9 Å². The van der Waals surface area contributed by atoms with Crippen molar-refractivity contribution in [2.75, 3.05) is 42.6 Å². The number of ether oxygens (including phenoxy) is 1. The van der Waals surface area contributed by atoms with Gasteiger partial charge in [0.25, 0.3) is 5.91 Å². The lowest BCUT2D eigenvalue weighted by Crippen LogP contribution is -2.47. The number of aliphatic hydroxyl groups is 1. The van der Waals surface area contributed by atoms with E-state index in [4.69, 9.17) is 4.74 Å². The van der Waals surface area contributed by atoms with Gasteiger partial charge in [-0.3, -0.25) is 9.59 Å². The number of nitrogens with one attached hydrogen (secondary N) is 1. The zero-order chi connectivity index (χ0) is 28.5. The van der Waals surface area contributed by atoms with E-state index >= 15 is 0 Å². The summed E-state index contributed by atoms with van der Waals surface area (Å²) in [6, 6.07) is 17.2. The molecule has 214 valence electrons. The number of carbonyl (C=O) groups is 2. The molecule has 2 atom stereocenters. The number of nitrogens with zero attached hydrogens (tertiary/aromatic N) is 2. The van der Waals surface area contributed by atoms with Crippen molar-refractivity contribution < 1.29 is 28.9 Å². The fourth-order valence-corrected chi connectivity index (χ4v) is 6.03. The number of hydrogen-bond acceptors (Lipinski definition) is 6. The van der Waals surface area contributed by atoms with Crippen LogP contribution in [0.25, 0.3) is 11.1 Å². The molecular formula is C32H34FN3O5. The van der Waals surface area contributed by atoms with Crippen LogP contribution in [-0.4, -0.2) is 60.9 Å². The maximum atomic E-state index is 14.6. The van der Waals surface area contributed by atoms with Gasteiger partial charge in [0.05, 0.1) is 11.6 Å². The summed E-state index contributed by atoms with van der Waals surface area (Å²) in [5, 5.41) is 22.7. The Morgan fingerprint density at radius 1 is 1.10 bits per heavy atom. The van der Waals surface area contributed by atoms with Crippen LogP contribution in [0, 0.1) is 11.7 Å². The molecule has 1 saturated carbocycles. The Morgan fingerprint density at radius 2 is 1.95 bits per heavy atom. The molecule has 2 aliphatic heterocycles. The number of anilines is 2. The fourth-order valence-electron chi connectivity index (χ4n) is 6.03. The van der Waals surface area contributed by atoms with Gasteiger partial charge in [0.15, 0.2) is 6.61 Å². The van der Waals surface area contributed by atoms with Crippen LogP contribution in [0.2, 0.25) is 0 Å². The Morgan fingerprint density at radius 3 is 2.76 bits per heavy atom. The van der Waals surface area contributed by atoms with Gasteiger partial charge in [-0.05, 0) is 85.7 Å². The summed E-state index contributed by atoms with van der Waals surface area (Å²) < 4.78 is 20.3. The predicted molar refractivity (Wildman–Crippen MR) is 154 cm³/mol. The molecule has 8 nitrogen and oxygen atoms in total. The first-order chi connectivity index (χ1) is 19.9. The average Bonchev–Trinajstić information content (AvgIpc) is 3.83. The van der Waals surface area contributed by atoms with Crippen molar-refractivity contribution in [2.24, 2.45) is 5.92 Å². The third-order valence-electron chi connectivity index (χ3n) is 8.23. The number of rotatable bonds is 8. The third-order valence-corrected chi connectivity index (χ3v) is 8.23. The second-order valence-electron chi connectivity index (χ2n) is 11.0. The van der Waals surface area contributed by atoms with E-state index in [0.29, 0.717) is 42.1 Å². The van der Waals surface area contributed by atoms with Crippen LogP contribution in [0.15, 0.2) is 60.7 Å². The van der Waals surface area contributed by atoms with Gasteiger partial charge in [0.1, 0.15) is 17.3 Å². The zero-order valence-corrected chi connectivity index (χ0v) is 22.8. The number of piperidine rings is 1. The molecule has 0 bridgehead atoms. The van der Waals surface area contributed by atoms with Crippen molar-refractivity contribution in [3.05, 3.63) is 72.0 Å². The number of benzene rings is 3. The highest BCUT2D eigenvalue weighted by Gasteiger charge is 2.41. The van der Waals surface area contributed by atoms with Gasteiger partial charge in [0.2, 0.25) is 5.91 Å². The number of carbonyl (C=O) groups excluding carboxylic acids is 2. The van der Waals surface area contributed by atoms with E-state index in [1.807, 2.05) is 47.4 Å². The number of phenols is 1. The maximum Gasteiger partial charge on any atom is 0.265 e. The Labute approximate surface area is 238 Å². The van der Waals surface area contributed by atoms with Crippen molar-refractivity contribution in [1.82, 2.24) is 5.32 Å². The normalized spacial score (nSPS) is 20.3. The Kier molecular flexibility index (Phi) is 7.64. The standard InChI is InChI=1S/C32H34FN3O5/c33-28-9-8-24(38)17-26(28)21-4-1-3-20(15-21)25-11-12-34-18-27(25)32(40)36(22-5-6-22)23-7-10-30-29(16-23)35(13-2-14-37)31(39)19-41-30/h1,3-4,7-10,15-17,22,25,27,34,37-38H,2,5-6,11-14,18-19H2/t25-,27+/m1/s1. The SMILES string of the molecule is O=C1COc2ccc(N(C(=O)[C@H]3CNCC[C@@H]3c3cccc(-c4cc(O)ccc4F)c3)C3CC3)cc2N1CCCO. The molecule has 3 N–H and O–H groups in total. The largest absolute Gasteiger partial charge is 0.508 e. The zero-order valence-electron chi connectivity index (χ0n) is 22.8. The van der Waals surface area contributed by atoms with Gasteiger partial charge in [0, 0.05) is 37.0 Å². The molecule has 3 aliphatic rings. The molecule has 2 fully saturated rings. The van der Waals surface area contributed by atoms with Crippen LogP contribution in [0.5, 0.6) is 11.5 Å². The highest BCUT2D eigenvalue weighted by molar-refractivity contribution is 6.01. The van der Waals surface area contributed by atoms with Gasteiger partial charge < -0.3 is 30.1 Å². The Bertz CT molecular complexity index is 1460. The van der Waals surface area contributed by atoms with Gasteiger partial charge in [-0.2, -0.15) is 0 Å². The number of hydrogen-bond donors (Lipinski definition) is 3. The van der Waals surface area contributed by atoms with E-state index in [9.17, 15) is 24.2 Å². The summed E-state index contributed by atoms with van der Waals surface area (Å²) in [5.41, 5.74) is 3.27. The van der Waals surface area contributed by atoms with Gasteiger partial charge >= 0.3 is 0 Å². The lowest BCUT2D eigenvalue weighted by Gasteiger charge is -2.36. The highest BCUT2D eigenvalue weighted by atomic mass is 19.1. The van der Waals surface area contributed by atoms with Crippen LogP contribution in [0.3, 0.4) is 0 Å². The number of amides is 2. The van der Waals surface area contributed by atoms with Gasteiger partial charge in [-0.15, -0.1) is 0 Å². The minimum Gasteiger partial charge on any atom is -0.508 e. The van der Waals surface area contributed by atoms with Crippen molar-refractivity contribution in [3.8, 4) is 22.6 Å². The number of halogens is 1. The predicted octanol–water partition coefficient (Wildman–Crippen LogP) is 4.19. The smallest absolute Gasteiger partial charge is 0.265 e. The first kappa shape index (κ1) is 27.2. The molecule has 3 aromatic carbocycles. The Hall–Kier alpha value is -3.95. The van der Waals surface area contributed by atoms with Crippen molar-refractivity contribution in [2.45, 2.75) is 37.6 Å². The van der Waals surface area contributed by atoms with E-state index in [2.05, 4.69) is 5.32 Å². The summed E-state index contributed by atoms with van der Waals surface area (Å²) in [6.07, 6.45) is 3.01. The van der Waals surface area contributed by atoms with E-state index in [0.717, 1.165) is 37.1 Å².